The average Bonchev–Trinajstić information content (AvgIpc) is 2.46. The molecule has 0 amide bonds. The van der Waals surface area contributed by atoms with Gasteiger partial charge in [0.2, 0.25) is 5.82 Å². The zero-order chi connectivity index (χ0) is 15.6. The number of halogens is 2. The van der Waals surface area contributed by atoms with Crippen molar-refractivity contribution in [3.63, 3.8) is 0 Å². The first-order valence-corrected chi connectivity index (χ1v) is 7.71. The van der Waals surface area contributed by atoms with Crippen molar-refractivity contribution in [2.45, 2.75) is 58.6 Å². The van der Waals surface area contributed by atoms with E-state index in [1.807, 2.05) is 0 Å². The molecule has 1 aliphatic carbocycles. The third-order valence-electron chi connectivity index (χ3n) is 5.05. The van der Waals surface area contributed by atoms with Gasteiger partial charge < -0.3 is 10.5 Å². The molecule has 1 aromatic carbocycles. The quantitative estimate of drug-likeness (QED) is 0.900. The minimum absolute atomic E-state index is 0.0367. The van der Waals surface area contributed by atoms with Crippen LogP contribution in [-0.4, -0.2) is 12.1 Å². The topological polar surface area (TPSA) is 35.2 Å². The lowest BCUT2D eigenvalue weighted by Gasteiger charge is -2.41. The summed E-state index contributed by atoms with van der Waals surface area (Å²) in [5, 5.41) is 0. The maximum absolute atomic E-state index is 13.7. The minimum atomic E-state index is -0.929. The molecular formula is C17H25F2NO. The van der Waals surface area contributed by atoms with E-state index in [9.17, 15) is 8.78 Å². The number of rotatable bonds is 4. The lowest BCUT2D eigenvalue weighted by Crippen LogP contribution is -2.46. The molecule has 1 aromatic rings. The summed E-state index contributed by atoms with van der Waals surface area (Å²) >= 11 is 0. The fourth-order valence-electron chi connectivity index (χ4n) is 3.02. The number of nitrogens with two attached hydrogens (primary N) is 1. The summed E-state index contributed by atoms with van der Waals surface area (Å²) in [5.74, 6) is -1.36. The molecule has 0 spiro atoms. The highest BCUT2D eigenvalue weighted by molar-refractivity contribution is 5.25. The molecule has 0 aromatic heterocycles. The largest absolute Gasteiger partial charge is 0.486 e. The molecule has 2 N–H and O–H groups in total. The lowest BCUT2D eigenvalue weighted by atomic mass is 9.68. The highest BCUT2D eigenvalue weighted by Crippen LogP contribution is 2.41. The number of hydrogen-bond donors (Lipinski definition) is 1. The third-order valence-corrected chi connectivity index (χ3v) is 5.05. The first kappa shape index (κ1) is 16.2. The molecule has 0 saturated heterocycles. The Balaban J connectivity index is 2.12. The van der Waals surface area contributed by atoms with Crippen LogP contribution in [0.4, 0.5) is 8.78 Å². The average molecular weight is 297 g/mol. The second kappa shape index (κ2) is 6.30. The van der Waals surface area contributed by atoms with Gasteiger partial charge in [-0.15, -0.1) is 0 Å². The standard InChI is InChI=1S/C17H25F2NO/c1-4-17(2,3)11-8-9-13(20)15(10-11)21-14-7-5-6-12(18)16(14)19/h5-7,11,13,15H,4,8-10,20H2,1-3H3. The Labute approximate surface area is 125 Å². The molecule has 2 nitrogen and oxygen atoms in total. The Hall–Kier alpha value is -1.16. The SMILES string of the molecule is CCC(C)(C)C1CCC(N)C(Oc2cccc(F)c2F)C1. The first-order valence-electron chi connectivity index (χ1n) is 7.71. The summed E-state index contributed by atoms with van der Waals surface area (Å²) < 4.78 is 32.7. The zero-order valence-electron chi connectivity index (χ0n) is 13.0. The molecular weight excluding hydrogens is 272 g/mol. The molecule has 4 heteroatoms. The summed E-state index contributed by atoms with van der Waals surface area (Å²) in [7, 11) is 0. The Morgan fingerprint density at radius 1 is 1.29 bits per heavy atom. The smallest absolute Gasteiger partial charge is 0.200 e. The van der Waals surface area contributed by atoms with Crippen molar-refractivity contribution in [1.82, 2.24) is 0 Å². The van der Waals surface area contributed by atoms with Crippen LogP contribution >= 0.6 is 0 Å². The number of hydrogen-bond acceptors (Lipinski definition) is 2. The van der Waals surface area contributed by atoms with Gasteiger partial charge in [-0.3, -0.25) is 0 Å². The molecule has 0 heterocycles. The first-order chi connectivity index (χ1) is 9.85. The second-order valence-electron chi connectivity index (χ2n) is 6.72. The van der Waals surface area contributed by atoms with Gasteiger partial charge in [0.05, 0.1) is 0 Å². The van der Waals surface area contributed by atoms with Gasteiger partial charge in [-0.2, -0.15) is 4.39 Å². The third kappa shape index (κ3) is 3.54. The van der Waals surface area contributed by atoms with Gasteiger partial charge in [0.15, 0.2) is 11.6 Å². The van der Waals surface area contributed by atoms with Crippen molar-refractivity contribution in [2.24, 2.45) is 17.1 Å². The van der Waals surface area contributed by atoms with Crippen LogP contribution in [0.5, 0.6) is 5.75 Å². The molecule has 21 heavy (non-hydrogen) atoms. The molecule has 3 atom stereocenters. The van der Waals surface area contributed by atoms with Crippen LogP contribution in [0.25, 0.3) is 0 Å². The van der Waals surface area contributed by atoms with Crippen molar-refractivity contribution in [3.05, 3.63) is 29.8 Å². The summed E-state index contributed by atoms with van der Waals surface area (Å²) in [6.07, 6.45) is 3.53. The molecule has 0 bridgehead atoms. The van der Waals surface area contributed by atoms with Crippen molar-refractivity contribution in [1.29, 1.82) is 0 Å². The van der Waals surface area contributed by atoms with Crippen LogP contribution in [0.3, 0.4) is 0 Å². The van der Waals surface area contributed by atoms with Crippen LogP contribution in [0, 0.1) is 23.0 Å². The molecule has 1 fully saturated rings. The number of ether oxygens (including phenoxy) is 1. The predicted octanol–water partition coefficient (Wildman–Crippen LogP) is 4.28. The van der Waals surface area contributed by atoms with Gasteiger partial charge in [0, 0.05) is 6.04 Å². The highest BCUT2D eigenvalue weighted by Gasteiger charge is 2.37. The maximum atomic E-state index is 13.7. The van der Waals surface area contributed by atoms with E-state index in [1.165, 1.54) is 12.1 Å². The summed E-state index contributed by atoms with van der Waals surface area (Å²) in [6, 6.07) is 3.87. The van der Waals surface area contributed by atoms with Gasteiger partial charge in [0.1, 0.15) is 6.10 Å². The van der Waals surface area contributed by atoms with E-state index in [0.717, 1.165) is 31.7 Å². The Bertz CT molecular complexity index is 490. The van der Waals surface area contributed by atoms with E-state index < -0.39 is 11.6 Å². The molecule has 1 aliphatic rings. The van der Waals surface area contributed by atoms with E-state index >= 15 is 0 Å². The monoisotopic (exact) mass is 297 g/mol. The predicted molar refractivity (Wildman–Crippen MR) is 80.2 cm³/mol. The van der Waals surface area contributed by atoms with E-state index in [0.29, 0.717) is 5.92 Å². The zero-order valence-corrected chi connectivity index (χ0v) is 13.0. The van der Waals surface area contributed by atoms with Crippen molar-refractivity contribution < 1.29 is 13.5 Å². The second-order valence-corrected chi connectivity index (χ2v) is 6.72. The van der Waals surface area contributed by atoms with E-state index in [2.05, 4.69) is 20.8 Å². The molecule has 118 valence electrons. The van der Waals surface area contributed by atoms with Gasteiger partial charge in [-0.05, 0) is 42.7 Å². The van der Waals surface area contributed by atoms with Gasteiger partial charge in [-0.25, -0.2) is 4.39 Å². The molecule has 0 aliphatic heterocycles. The molecule has 1 saturated carbocycles. The van der Waals surface area contributed by atoms with Crippen LogP contribution in [0.1, 0.15) is 46.5 Å². The van der Waals surface area contributed by atoms with E-state index in [1.54, 1.807) is 0 Å². The van der Waals surface area contributed by atoms with Gasteiger partial charge in [0.25, 0.3) is 0 Å². The minimum Gasteiger partial charge on any atom is -0.486 e. The van der Waals surface area contributed by atoms with Crippen LogP contribution in [0.15, 0.2) is 18.2 Å². The lowest BCUT2D eigenvalue weighted by molar-refractivity contribution is 0.0476. The van der Waals surface area contributed by atoms with E-state index in [-0.39, 0.29) is 23.3 Å². The summed E-state index contributed by atoms with van der Waals surface area (Å²) in [6.45, 7) is 6.67. The fourth-order valence-corrected chi connectivity index (χ4v) is 3.02. The highest BCUT2D eigenvalue weighted by atomic mass is 19.2. The molecule has 0 radical (unpaired) electrons. The molecule has 3 unspecified atom stereocenters. The summed E-state index contributed by atoms with van der Waals surface area (Å²) in [4.78, 5) is 0. The van der Waals surface area contributed by atoms with Crippen LogP contribution < -0.4 is 10.5 Å². The summed E-state index contributed by atoms with van der Waals surface area (Å²) in [5.41, 5.74) is 6.33. The Morgan fingerprint density at radius 3 is 2.67 bits per heavy atom. The van der Waals surface area contributed by atoms with Crippen LogP contribution in [-0.2, 0) is 0 Å². The van der Waals surface area contributed by atoms with Crippen molar-refractivity contribution >= 4 is 0 Å². The number of benzene rings is 1. The fraction of sp³-hybridized carbons (Fsp3) is 0.647. The van der Waals surface area contributed by atoms with Crippen molar-refractivity contribution in [3.8, 4) is 5.75 Å². The maximum Gasteiger partial charge on any atom is 0.200 e. The Kier molecular flexibility index (Phi) is 4.87. The van der Waals surface area contributed by atoms with Crippen LogP contribution in [0.2, 0.25) is 0 Å². The molecule has 2 rings (SSSR count). The van der Waals surface area contributed by atoms with Crippen molar-refractivity contribution in [2.75, 3.05) is 0 Å². The van der Waals surface area contributed by atoms with Gasteiger partial charge in [-0.1, -0.05) is 33.3 Å². The Morgan fingerprint density at radius 2 is 2.00 bits per heavy atom. The van der Waals surface area contributed by atoms with E-state index in [4.69, 9.17) is 10.5 Å². The normalized spacial score (nSPS) is 26.7. The van der Waals surface area contributed by atoms with Gasteiger partial charge >= 0.3 is 0 Å².